The van der Waals surface area contributed by atoms with E-state index in [-0.39, 0.29) is 6.61 Å². The molecule has 0 saturated carbocycles. The molecule has 0 aliphatic heterocycles. The van der Waals surface area contributed by atoms with Gasteiger partial charge in [0.2, 0.25) is 0 Å². The second kappa shape index (κ2) is 7.80. The third-order valence-corrected chi connectivity index (χ3v) is 4.35. The maximum Gasteiger partial charge on any atom is 0.341 e. The van der Waals surface area contributed by atoms with E-state index in [4.69, 9.17) is 9.84 Å². The van der Waals surface area contributed by atoms with Gasteiger partial charge in [-0.15, -0.1) is 0 Å². The standard InChI is InChI=1S/C23H18N2O3/c26-22(27)15-28-18-10-6-9-17(13-18)19-11-4-5-12-20(19)23-24-14-21(25-23)16-7-2-1-3-8-16/h1-14H,15H2,(H,24,25)(H,26,27). The van der Waals surface area contributed by atoms with Crippen LogP contribution in [-0.4, -0.2) is 27.7 Å². The molecule has 0 amide bonds. The maximum absolute atomic E-state index is 10.7. The van der Waals surface area contributed by atoms with E-state index < -0.39 is 5.97 Å². The van der Waals surface area contributed by atoms with E-state index in [0.717, 1.165) is 33.8 Å². The Morgan fingerprint density at radius 1 is 0.893 bits per heavy atom. The topological polar surface area (TPSA) is 75.2 Å². The molecule has 4 aromatic rings. The summed E-state index contributed by atoms with van der Waals surface area (Å²) in [6, 6.07) is 25.4. The van der Waals surface area contributed by atoms with Gasteiger partial charge in [0.25, 0.3) is 0 Å². The highest BCUT2D eigenvalue weighted by molar-refractivity contribution is 5.82. The zero-order valence-corrected chi connectivity index (χ0v) is 15.0. The van der Waals surface area contributed by atoms with E-state index in [1.165, 1.54) is 0 Å². The number of nitrogens with one attached hydrogen (secondary N) is 1. The fourth-order valence-electron chi connectivity index (χ4n) is 3.06. The zero-order valence-electron chi connectivity index (χ0n) is 15.0. The average molecular weight is 370 g/mol. The second-order valence-corrected chi connectivity index (χ2v) is 6.27. The number of benzene rings is 3. The summed E-state index contributed by atoms with van der Waals surface area (Å²) in [7, 11) is 0. The smallest absolute Gasteiger partial charge is 0.341 e. The number of nitrogens with zero attached hydrogens (tertiary/aromatic N) is 1. The molecule has 0 aliphatic rings. The van der Waals surface area contributed by atoms with Crippen molar-refractivity contribution in [3.8, 4) is 39.5 Å². The number of imidazole rings is 1. The molecule has 28 heavy (non-hydrogen) atoms. The molecule has 1 heterocycles. The number of hydrogen-bond acceptors (Lipinski definition) is 3. The van der Waals surface area contributed by atoms with E-state index in [9.17, 15) is 4.79 Å². The highest BCUT2D eigenvalue weighted by Crippen LogP contribution is 2.33. The van der Waals surface area contributed by atoms with Crippen LogP contribution in [0.2, 0.25) is 0 Å². The molecule has 0 spiro atoms. The third kappa shape index (κ3) is 3.78. The molecule has 4 rings (SSSR count). The summed E-state index contributed by atoms with van der Waals surface area (Å²) in [6.07, 6.45) is 1.83. The molecular weight excluding hydrogens is 352 g/mol. The van der Waals surface area contributed by atoms with Crippen molar-refractivity contribution in [3.05, 3.63) is 85.1 Å². The van der Waals surface area contributed by atoms with Crippen LogP contribution in [0.4, 0.5) is 0 Å². The number of H-pyrrole nitrogens is 1. The molecule has 0 atom stereocenters. The largest absolute Gasteiger partial charge is 0.482 e. The lowest BCUT2D eigenvalue weighted by Crippen LogP contribution is -2.09. The minimum atomic E-state index is -1.00. The van der Waals surface area contributed by atoms with Crippen LogP contribution in [-0.2, 0) is 4.79 Å². The molecular formula is C23H18N2O3. The summed E-state index contributed by atoms with van der Waals surface area (Å²) in [6.45, 7) is -0.371. The zero-order chi connectivity index (χ0) is 19.3. The Bertz CT molecular complexity index is 1100. The van der Waals surface area contributed by atoms with Crippen molar-refractivity contribution in [1.82, 2.24) is 9.97 Å². The summed E-state index contributed by atoms with van der Waals surface area (Å²) in [4.78, 5) is 18.7. The first-order valence-electron chi connectivity index (χ1n) is 8.85. The molecule has 0 unspecified atom stereocenters. The quantitative estimate of drug-likeness (QED) is 0.507. The molecule has 0 aliphatic carbocycles. The predicted molar refractivity (Wildman–Crippen MR) is 108 cm³/mol. The summed E-state index contributed by atoms with van der Waals surface area (Å²) in [5, 5.41) is 8.81. The van der Waals surface area contributed by atoms with Crippen LogP contribution in [0.3, 0.4) is 0 Å². The Hall–Kier alpha value is -3.86. The Morgan fingerprint density at radius 3 is 2.39 bits per heavy atom. The van der Waals surface area contributed by atoms with Crippen molar-refractivity contribution in [3.63, 3.8) is 0 Å². The molecule has 0 bridgehead atoms. The minimum absolute atomic E-state index is 0.371. The van der Waals surface area contributed by atoms with Crippen molar-refractivity contribution < 1.29 is 14.6 Å². The second-order valence-electron chi connectivity index (χ2n) is 6.27. The number of hydrogen-bond donors (Lipinski definition) is 2. The summed E-state index contributed by atoms with van der Waals surface area (Å²) in [5.74, 6) is 0.278. The lowest BCUT2D eigenvalue weighted by molar-refractivity contribution is -0.139. The highest BCUT2D eigenvalue weighted by atomic mass is 16.5. The number of aliphatic carboxylic acids is 1. The average Bonchev–Trinajstić information content (AvgIpc) is 3.23. The maximum atomic E-state index is 10.7. The van der Waals surface area contributed by atoms with Crippen molar-refractivity contribution in [1.29, 1.82) is 0 Å². The molecule has 0 fully saturated rings. The van der Waals surface area contributed by atoms with E-state index in [1.807, 2.05) is 79.0 Å². The number of rotatable bonds is 6. The Balaban J connectivity index is 1.70. The molecule has 2 N–H and O–H groups in total. The van der Waals surface area contributed by atoms with Crippen LogP contribution < -0.4 is 4.74 Å². The van der Waals surface area contributed by atoms with Gasteiger partial charge in [0, 0.05) is 5.56 Å². The third-order valence-electron chi connectivity index (χ3n) is 4.35. The van der Waals surface area contributed by atoms with Gasteiger partial charge in [0.15, 0.2) is 6.61 Å². The normalized spacial score (nSPS) is 10.6. The number of carboxylic acid groups (broad SMARTS) is 1. The van der Waals surface area contributed by atoms with E-state index in [1.54, 1.807) is 6.07 Å². The van der Waals surface area contributed by atoms with Gasteiger partial charge < -0.3 is 14.8 Å². The highest BCUT2D eigenvalue weighted by Gasteiger charge is 2.12. The molecule has 0 radical (unpaired) electrons. The fourth-order valence-corrected chi connectivity index (χ4v) is 3.06. The monoisotopic (exact) mass is 370 g/mol. The van der Waals surface area contributed by atoms with Crippen molar-refractivity contribution in [2.24, 2.45) is 0 Å². The summed E-state index contributed by atoms with van der Waals surface area (Å²) >= 11 is 0. The van der Waals surface area contributed by atoms with Crippen LogP contribution in [0.15, 0.2) is 85.1 Å². The fraction of sp³-hybridized carbons (Fsp3) is 0.0435. The molecule has 1 aromatic heterocycles. The van der Waals surface area contributed by atoms with Crippen LogP contribution >= 0.6 is 0 Å². The first-order chi connectivity index (χ1) is 13.7. The van der Waals surface area contributed by atoms with Crippen LogP contribution in [0.1, 0.15) is 0 Å². The van der Waals surface area contributed by atoms with Gasteiger partial charge >= 0.3 is 5.97 Å². The Kier molecular flexibility index (Phi) is 4.89. The van der Waals surface area contributed by atoms with Crippen molar-refractivity contribution in [2.45, 2.75) is 0 Å². The molecule has 5 nitrogen and oxygen atoms in total. The lowest BCUT2D eigenvalue weighted by atomic mass is 9.99. The Labute approximate surface area is 162 Å². The number of carbonyl (C=O) groups is 1. The van der Waals surface area contributed by atoms with Gasteiger partial charge in [-0.25, -0.2) is 9.78 Å². The summed E-state index contributed by atoms with van der Waals surface area (Å²) < 4.78 is 5.31. The van der Waals surface area contributed by atoms with E-state index >= 15 is 0 Å². The lowest BCUT2D eigenvalue weighted by Gasteiger charge is -2.10. The number of carboxylic acids is 1. The Morgan fingerprint density at radius 2 is 1.61 bits per heavy atom. The molecule has 138 valence electrons. The van der Waals surface area contributed by atoms with Crippen molar-refractivity contribution in [2.75, 3.05) is 6.61 Å². The molecule has 3 aromatic carbocycles. The predicted octanol–water partition coefficient (Wildman–Crippen LogP) is 4.87. The minimum Gasteiger partial charge on any atom is -0.482 e. The van der Waals surface area contributed by atoms with Gasteiger partial charge in [-0.1, -0.05) is 66.7 Å². The first kappa shape index (κ1) is 17.5. The van der Waals surface area contributed by atoms with Gasteiger partial charge in [-0.05, 0) is 28.8 Å². The van der Waals surface area contributed by atoms with Crippen molar-refractivity contribution >= 4 is 5.97 Å². The SMILES string of the molecule is O=C(O)COc1cccc(-c2ccccc2-c2ncc(-c3ccccc3)[nH]2)c1. The number of ether oxygens (including phenoxy) is 1. The van der Waals surface area contributed by atoms with Gasteiger partial charge in [0.05, 0.1) is 11.9 Å². The molecule has 5 heteroatoms. The van der Waals surface area contributed by atoms with Crippen LogP contribution in [0.5, 0.6) is 5.75 Å². The van der Waals surface area contributed by atoms with Crippen LogP contribution in [0, 0.1) is 0 Å². The molecule has 0 saturated heterocycles. The van der Waals surface area contributed by atoms with E-state index in [0.29, 0.717) is 5.75 Å². The van der Waals surface area contributed by atoms with Gasteiger partial charge in [0.1, 0.15) is 11.6 Å². The van der Waals surface area contributed by atoms with E-state index in [2.05, 4.69) is 9.97 Å². The number of aromatic nitrogens is 2. The first-order valence-corrected chi connectivity index (χ1v) is 8.85. The summed E-state index contributed by atoms with van der Waals surface area (Å²) in [5.41, 5.74) is 4.89. The van der Waals surface area contributed by atoms with Gasteiger partial charge in [-0.3, -0.25) is 0 Å². The number of aromatic amines is 1. The van der Waals surface area contributed by atoms with Gasteiger partial charge in [-0.2, -0.15) is 0 Å². The van der Waals surface area contributed by atoms with Crippen LogP contribution in [0.25, 0.3) is 33.8 Å².